The van der Waals surface area contributed by atoms with E-state index < -0.39 is 126 Å². The lowest BCUT2D eigenvalue weighted by Crippen LogP contribution is -2.63. The molecule has 1 aliphatic heterocycles. The van der Waals surface area contributed by atoms with Crippen LogP contribution in [0.4, 0.5) is 19.2 Å². The van der Waals surface area contributed by atoms with Gasteiger partial charge in [0.05, 0.1) is 6.10 Å². The maximum Gasteiger partial charge on any atom is 0.333 e. The van der Waals surface area contributed by atoms with Gasteiger partial charge in [0.2, 0.25) is 29.5 Å². The first-order chi connectivity index (χ1) is 32.3. The highest BCUT2D eigenvalue weighted by Crippen LogP contribution is 2.23. The van der Waals surface area contributed by atoms with Crippen molar-refractivity contribution in [3.05, 3.63) is 12.2 Å². The molecule has 0 spiro atoms. The van der Waals surface area contributed by atoms with Gasteiger partial charge in [0.25, 0.3) is 11.8 Å². The molecule has 1 rings (SSSR count). The first kappa shape index (κ1) is 61.9. The van der Waals surface area contributed by atoms with Gasteiger partial charge in [0, 0.05) is 49.3 Å². The van der Waals surface area contributed by atoms with E-state index in [0.29, 0.717) is 11.3 Å². The van der Waals surface area contributed by atoms with Gasteiger partial charge in [-0.15, -0.1) is 0 Å². The van der Waals surface area contributed by atoms with Crippen LogP contribution in [-0.4, -0.2) is 203 Å². The summed E-state index contributed by atoms with van der Waals surface area (Å²) >= 11 is 0. The molecule has 0 unspecified atom stereocenters. The van der Waals surface area contributed by atoms with Gasteiger partial charge in [-0.25, -0.2) is 24.1 Å². The summed E-state index contributed by atoms with van der Waals surface area (Å²) in [5.41, 5.74) is 0. The zero-order valence-electron chi connectivity index (χ0n) is 44.5. The number of likely N-dealkylation sites (N-methyl/N-ethyl adjacent to an activating group) is 6. The fourth-order valence-electron chi connectivity index (χ4n) is 7.98. The van der Waals surface area contributed by atoms with E-state index in [9.17, 15) is 57.8 Å². The van der Waals surface area contributed by atoms with Crippen molar-refractivity contribution < 1.29 is 57.8 Å². The fourth-order valence-corrected chi connectivity index (χ4v) is 7.98. The lowest BCUT2D eigenvalue weighted by Gasteiger charge is -2.40. The number of aliphatic hydroxyl groups excluding tert-OH is 1. The van der Waals surface area contributed by atoms with Crippen LogP contribution in [0.5, 0.6) is 0 Å². The number of imide groups is 4. The van der Waals surface area contributed by atoms with Crippen LogP contribution in [0, 0.1) is 23.7 Å². The number of urea groups is 4. The van der Waals surface area contributed by atoms with Gasteiger partial charge in [0.1, 0.15) is 42.3 Å². The van der Waals surface area contributed by atoms with Crippen LogP contribution in [0.1, 0.15) is 102 Å². The number of hydrogen-bond acceptors (Lipinski definition) is 12. The molecule has 396 valence electrons. The topological polar surface area (TPSA) is 279 Å². The Morgan fingerprint density at radius 1 is 0.571 bits per heavy atom. The summed E-state index contributed by atoms with van der Waals surface area (Å²) in [4.78, 5) is 159. The predicted molar refractivity (Wildman–Crippen MR) is 260 cm³/mol. The molecule has 0 saturated carbocycles. The second-order valence-electron chi connectivity index (χ2n) is 19.4. The van der Waals surface area contributed by atoms with E-state index in [2.05, 4.69) is 16.0 Å². The molecular weight excluding hydrogens is 911 g/mol. The molecule has 5 N–H and O–H groups in total. The van der Waals surface area contributed by atoms with E-state index in [4.69, 9.17) is 0 Å². The van der Waals surface area contributed by atoms with Crippen LogP contribution in [0.25, 0.3) is 0 Å². The first-order valence-electron chi connectivity index (χ1n) is 23.7. The molecule has 23 nitrogen and oxygen atoms in total. The fraction of sp³-hybridized carbons (Fsp3) is 0.723. The Morgan fingerprint density at radius 3 is 1.59 bits per heavy atom. The van der Waals surface area contributed by atoms with Crippen molar-refractivity contribution in [2.24, 2.45) is 23.7 Å². The van der Waals surface area contributed by atoms with E-state index in [1.165, 1.54) is 56.1 Å². The normalized spacial score (nSPS) is 25.9. The minimum absolute atomic E-state index is 0.00671. The van der Waals surface area contributed by atoms with Crippen LogP contribution in [0.3, 0.4) is 0 Å². The zero-order valence-corrected chi connectivity index (χ0v) is 44.5. The number of nitrogens with one attached hydrogen (secondary N) is 4. The third-order valence-corrected chi connectivity index (χ3v) is 12.6. The number of carbonyl (C=O) groups excluding carboxylic acids is 11. The van der Waals surface area contributed by atoms with E-state index in [0.717, 1.165) is 36.4 Å². The van der Waals surface area contributed by atoms with Crippen LogP contribution in [-0.2, 0) is 33.6 Å². The van der Waals surface area contributed by atoms with Crippen LogP contribution in [0.15, 0.2) is 12.2 Å². The summed E-state index contributed by atoms with van der Waals surface area (Å²) in [5, 5.41) is 20.8. The van der Waals surface area contributed by atoms with Crippen molar-refractivity contribution in [1.82, 2.24) is 55.6 Å². The molecule has 1 fully saturated rings. The Labute approximate surface area is 413 Å². The molecule has 0 bridgehead atoms. The summed E-state index contributed by atoms with van der Waals surface area (Å²) in [7, 11) is 8.65. The van der Waals surface area contributed by atoms with Crippen molar-refractivity contribution in [2.75, 3.05) is 49.3 Å². The highest BCUT2D eigenvalue weighted by atomic mass is 16.3. The number of nitrogens with zero attached hydrogens (tertiary/aromatic N) is 7. The quantitative estimate of drug-likeness (QED) is 0.196. The largest absolute Gasteiger partial charge is 0.390 e. The maximum atomic E-state index is 14.7. The van der Waals surface area contributed by atoms with Crippen molar-refractivity contribution in [2.45, 2.75) is 150 Å². The summed E-state index contributed by atoms with van der Waals surface area (Å²) in [6, 6.07) is -14.2. The molecule has 0 aromatic carbocycles. The minimum Gasteiger partial charge on any atom is -0.390 e. The predicted octanol–water partition coefficient (Wildman–Crippen LogP) is 1.79. The Morgan fingerprint density at radius 2 is 1.09 bits per heavy atom. The molecule has 0 aromatic rings. The summed E-state index contributed by atoms with van der Waals surface area (Å²) in [5.74, 6) is -7.49. The van der Waals surface area contributed by atoms with Crippen LogP contribution >= 0.6 is 0 Å². The third-order valence-electron chi connectivity index (χ3n) is 12.6. The second-order valence-corrected chi connectivity index (χ2v) is 19.4. The van der Waals surface area contributed by atoms with Crippen LogP contribution in [0.2, 0.25) is 0 Å². The van der Waals surface area contributed by atoms with Gasteiger partial charge in [0.15, 0.2) is 0 Å². The van der Waals surface area contributed by atoms with Gasteiger partial charge in [-0.2, -0.15) is 0 Å². The van der Waals surface area contributed by atoms with E-state index in [1.807, 2.05) is 5.32 Å². The minimum atomic E-state index is -1.63. The molecule has 23 heteroatoms. The number of amides is 15. The van der Waals surface area contributed by atoms with Crippen molar-refractivity contribution in [3.8, 4) is 0 Å². The molecule has 15 amide bonds. The Bertz CT molecular complexity index is 1960. The highest BCUT2D eigenvalue weighted by molar-refractivity contribution is 6.07. The summed E-state index contributed by atoms with van der Waals surface area (Å²) in [6.07, 6.45) is 2.38. The average molecular weight is 992 g/mol. The molecule has 0 aliphatic carbocycles. The monoisotopic (exact) mass is 992 g/mol. The van der Waals surface area contributed by atoms with Crippen molar-refractivity contribution >= 4 is 65.5 Å². The maximum absolute atomic E-state index is 14.7. The van der Waals surface area contributed by atoms with E-state index >= 15 is 0 Å². The van der Waals surface area contributed by atoms with Gasteiger partial charge >= 0.3 is 24.1 Å². The molecule has 70 heavy (non-hydrogen) atoms. The van der Waals surface area contributed by atoms with Gasteiger partial charge in [-0.05, 0) is 70.1 Å². The SMILES string of the molecule is C/C=C/C[C@@H](C)[C@@H](O)[C@H]1C(=O)N[C@@H](CC)C(=O)N(C)[C@H](C)C(=O)N(C)[C@@H](CC(C)C)C(=O)NC(=O)N(C)C(=O)NC(=O)N[C@@H](C)C(=O)N(C)[C@@H](CC(C)C)C(=O)N(C)C(=O)N(C)[C@@H](C(C)C)C(=O)N1C. The summed E-state index contributed by atoms with van der Waals surface area (Å²) < 4.78 is 0. The summed E-state index contributed by atoms with van der Waals surface area (Å²) in [6.45, 7) is 18.1. The van der Waals surface area contributed by atoms with Crippen molar-refractivity contribution in [1.29, 1.82) is 0 Å². The molecule has 0 radical (unpaired) electrons. The molecule has 1 aliphatic rings. The lowest BCUT2D eigenvalue weighted by atomic mass is 9.91. The number of allylic oxidation sites excluding steroid dienone is 2. The van der Waals surface area contributed by atoms with E-state index in [-0.39, 0.29) is 31.1 Å². The Kier molecular flexibility index (Phi) is 24.1. The van der Waals surface area contributed by atoms with Gasteiger partial charge in [-0.1, -0.05) is 67.5 Å². The third kappa shape index (κ3) is 16.0. The average Bonchev–Trinajstić information content (AvgIpc) is 3.29. The molecule has 1 heterocycles. The molecule has 9 atom stereocenters. The standard InChI is InChI=1S/C47H81N11O12/c1-19-21-22-28(9)36(59)35-38(61)49-31(20-2)41(64)52(12)30(11)40(63)53(13)32(23-25(3)4)37(60)50-45(68)58(18)46(69)51-44(67)48-29(10)39(62)54(14)33(24-26(5)6)42(65)57(17)47(70)56(16)34(27(7)8)43(66)55(35)15/h19,21,25-36,59H,20,22-24H2,1-18H3,(H,49,61)(H,50,60,68)(H2,48,51,67,69)/b21-19+/t28-,29+,30-,31+,32+,33+,34+,35+,36-/m1/s1. The number of carbonyl (C=O) groups is 11. The first-order valence-corrected chi connectivity index (χ1v) is 23.7. The number of rotatable bonds is 10. The lowest BCUT2D eigenvalue weighted by molar-refractivity contribution is -0.151. The second kappa shape index (κ2) is 27.3. The van der Waals surface area contributed by atoms with Gasteiger partial charge in [-0.3, -0.25) is 49.1 Å². The molecule has 1 saturated heterocycles. The Balaban J connectivity index is 4.09. The van der Waals surface area contributed by atoms with E-state index in [1.54, 1.807) is 74.5 Å². The van der Waals surface area contributed by atoms with Gasteiger partial charge < -0.3 is 40.2 Å². The van der Waals surface area contributed by atoms with Crippen molar-refractivity contribution in [3.63, 3.8) is 0 Å². The zero-order chi connectivity index (χ0) is 54.4. The number of hydrogen-bond donors (Lipinski definition) is 5. The van der Waals surface area contributed by atoms with Crippen LogP contribution < -0.4 is 21.3 Å². The number of aliphatic hydroxyl groups is 1. The molecular formula is C47H81N11O12. The highest BCUT2D eigenvalue weighted by Gasteiger charge is 2.44. The Hall–Kier alpha value is -6.13. The smallest absolute Gasteiger partial charge is 0.333 e. The molecule has 0 aromatic heterocycles.